The van der Waals surface area contributed by atoms with E-state index in [4.69, 9.17) is 18.9 Å². The minimum Gasteiger partial charge on any atom is -0.496 e. The Kier molecular flexibility index (Phi) is 6.12. The molecule has 0 saturated carbocycles. The van der Waals surface area contributed by atoms with Crippen LogP contribution in [0.15, 0.2) is 42.5 Å². The second kappa shape index (κ2) is 8.81. The second-order valence-corrected chi connectivity index (χ2v) is 7.46. The molecular weight excluding hydrogens is 408 g/mol. The van der Waals surface area contributed by atoms with E-state index in [1.807, 2.05) is 30.3 Å². The minimum atomic E-state index is -1.61. The molecule has 0 spiro atoms. The maximum absolute atomic E-state index is 13.0. The fourth-order valence-corrected chi connectivity index (χ4v) is 3.75. The van der Waals surface area contributed by atoms with Crippen LogP contribution in [0, 0.1) is 0 Å². The lowest BCUT2D eigenvalue weighted by molar-refractivity contribution is -0.277. The molecule has 0 aliphatic carbocycles. The van der Waals surface area contributed by atoms with Crippen LogP contribution < -0.4 is 14.2 Å². The van der Waals surface area contributed by atoms with Gasteiger partial charge in [0.25, 0.3) is 0 Å². The lowest BCUT2D eigenvalue weighted by atomic mass is 9.95. The van der Waals surface area contributed by atoms with Crippen molar-refractivity contribution in [2.45, 2.75) is 43.2 Å². The van der Waals surface area contributed by atoms with E-state index >= 15 is 0 Å². The predicted octanol–water partition coefficient (Wildman–Crippen LogP) is 0.580. The number of hydrogen-bond donors (Lipinski definition) is 4. The fraction of sp³-hybridized carbons (Fsp3) is 0.409. The quantitative estimate of drug-likeness (QED) is 0.535. The summed E-state index contributed by atoms with van der Waals surface area (Å²) >= 11 is 0. The third-order valence-electron chi connectivity index (χ3n) is 5.46. The van der Waals surface area contributed by atoms with Gasteiger partial charge in [-0.2, -0.15) is 0 Å². The number of carbonyl (C=O) groups is 1. The van der Waals surface area contributed by atoms with Crippen molar-refractivity contribution in [2.75, 3.05) is 13.7 Å². The van der Waals surface area contributed by atoms with Crippen LogP contribution in [-0.4, -0.2) is 70.6 Å². The second-order valence-electron chi connectivity index (χ2n) is 7.46. The summed E-state index contributed by atoms with van der Waals surface area (Å²) in [6.07, 6.45) is -7.72. The van der Waals surface area contributed by atoms with Gasteiger partial charge in [0.05, 0.1) is 20.1 Å². The number of ether oxygens (including phenoxy) is 4. The monoisotopic (exact) mass is 432 g/mol. The molecule has 0 radical (unpaired) electrons. The number of methoxy groups -OCH3 is 1. The molecule has 9 nitrogen and oxygen atoms in total. The molecule has 4 N–H and O–H groups in total. The van der Waals surface area contributed by atoms with Crippen LogP contribution in [0.5, 0.6) is 17.2 Å². The van der Waals surface area contributed by atoms with Crippen LogP contribution in [0.25, 0.3) is 0 Å². The summed E-state index contributed by atoms with van der Waals surface area (Å²) in [5, 5.41) is 39.6. The van der Waals surface area contributed by atoms with Gasteiger partial charge in [0.1, 0.15) is 53.3 Å². The van der Waals surface area contributed by atoms with Crippen LogP contribution in [0.3, 0.4) is 0 Å². The molecule has 0 unspecified atom stereocenters. The van der Waals surface area contributed by atoms with Crippen molar-refractivity contribution in [2.24, 2.45) is 0 Å². The first-order valence-electron chi connectivity index (χ1n) is 9.87. The number of fused-ring (bicyclic) bond motifs is 1. The molecule has 0 amide bonds. The van der Waals surface area contributed by atoms with Gasteiger partial charge in [0, 0.05) is 12.1 Å². The molecule has 6 atom stereocenters. The first-order valence-corrected chi connectivity index (χ1v) is 9.87. The number of benzene rings is 2. The summed E-state index contributed by atoms with van der Waals surface area (Å²) in [5.74, 6) is 0.399. The topological polar surface area (TPSA) is 135 Å². The summed E-state index contributed by atoms with van der Waals surface area (Å²) in [7, 11) is 1.44. The smallest absolute Gasteiger partial charge is 0.229 e. The zero-order chi connectivity index (χ0) is 22.1. The Morgan fingerprint density at radius 1 is 1.06 bits per heavy atom. The van der Waals surface area contributed by atoms with Gasteiger partial charge >= 0.3 is 0 Å². The normalized spacial score (nSPS) is 30.3. The lowest BCUT2D eigenvalue weighted by Crippen LogP contribution is -2.60. The van der Waals surface area contributed by atoms with Crippen molar-refractivity contribution < 1.29 is 44.2 Å². The van der Waals surface area contributed by atoms with Crippen molar-refractivity contribution in [1.82, 2.24) is 0 Å². The zero-order valence-electron chi connectivity index (χ0n) is 16.7. The standard InChI is InChI=1S/C22H24O9/c1-28-12-7-15-18(13(24)9-14(29-15)11-5-3-2-4-6-11)16(8-12)30-22-21(27)20(26)19(25)17(10-23)31-22/h2-8,14,17,19-23,25-27H,9-10H2,1H3/t14-,17+,19+,20-,21+,22+/m0/s1. The third-order valence-corrected chi connectivity index (χ3v) is 5.46. The first-order chi connectivity index (χ1) is 14.9. The van der Waals surface area contributed by atoms with Crippen molar-refractivity contribution in [3.63, 3.8) is 0 Å². The lowest BCUT2D eigenvalue weighted by Gasteiger charge is -2.40. The maximum Gasteiger partial charge on any atom is 0.229 e. The van der Waals surface area contributed by atoms with Crippen LogP contribution in [0.1, 0.15) is 28.4 Å². The van der Waals surface area contributed by atoms with Gasteiger partial charge in [-0.25, -0.2) is 0 Å². The van der Waals surface area contributed by atoms with Gasteiger partial charge in [-0.05, 0) is 5.56 Å². The highest BCUT2D eigenvalue weighted by Crippen LogP contribution is 2.43. The molecule has 0 bridgehead atoms. The molecule has 1 fully saturated rings. The van der Waals surface area contributed by atoms with Gasteiger partial charge in [0.2, 0.25) is 6.29 Å². The molecule has 2 aliphatic rings. The Morgan fingerprint density at radius 3 is 2.48 bits per heavy atom. The van der Waals surface area contributed by atoms with Gasteiger partial charge in [0.15, 0.2) is 5.78 Å². The average molecular weight is 432 g/mol. The van der Waals surface area contributed by atoms with E-state index in [0.29, 0.717) is 5.75 Å². The van der Waals surface area contributed by atoms with Gasteiger partial charge in [-0.15, -0.1) is 0 Å². The summed E-state index contributed by atoms with van der Waals surface area (Å²) in [6.45, 7) is -0.595. The first kappa shape index (κ1) is 21.5. The molecule has 2 aliphatic heterocycles. The Balaban J connectivity index is 1.66. The fourth-order valence-electron chi connectivity index (χ4n) is 3.75. The Labute approximate surface area is 178 Å². The number of aliphatic hydroxyl groups is 4. The molecule has 166 valence electrons. The van der Waals surface area contributed by atoms with E-state index < -0.39 is 43.4 Å². The van der Waals surface area contributed by atoms with Crippen LogP contribution >= 0.6 is 0 Å². The molecule has 9 heteroatoms. The number of hydrogen-bond acceptors (Lipinski definition) is 9. The Bertz CT molecular complexity index is 930. The highest BCUT2D eigenvalue weighted by molar-refractivity contribution is 6.02. The van der Waals surface area contributed by atoms with E-state index in [2.05, 4.69) is 0 Å². The summed E-state index contributed by atoms with van der Waals surface area (Å²) in [5.41, 5.74) is 1.01. The predicted molar refractivity (Wildman–Crippen MR) is 106 cm³/mol. The molecule has 2 aromatic rings. The molecule has 2 aromatic carbocycles. The van der Waals surface area contributed by atoms with Crippen molar-refractivity contribution >= 4 is 5.78 Å². The van der Waals surface area contributed by atoms with E-state index in [1.165, 1.54) is 13.2 Å². The average Bonchev–Trinajstić information content (AvgIpc) is 2.79. The minimum absolute atomic E-state index is 0.0372. The molecule has 0 aromatic heterocycles. The van der Waals surface area contributed by atoms with Crippen LogP contribution in [0.2, 0.25) is 0 Å². The Morgan fingerprint density at radius 2 is 1.81 bits per heavy atom. The Hall–Kier alpha value is -2.69. The van der Waals surface area contributed by atoms with Crippen molar-refractivity contribution in [3.8, 4) is 17.2 Å². The van der Waals surface area contributed by atoms with E-state index in [0.717, 1.165) is 5.56 Å². The molecule has 31 heavy (non-hydrogen) atoms. The third kappa shape index (κ3) is 4.10. The van der Waals surface area contributed by atoms with Crippen molar-refractivity contribution in [1.29, 1.82) is 0 Å². The van der Waals surface area contributed by atoms with Gasteiger partial charge in [-0.3, -0.25) is 4.79 Å². The number of aliphatic hydroxyl groups excluding tert-OH is 4. The van der Waals surface area contributed by atoms with E-state index in [1.54, 1.807) is 6.07 Å². The van der Waals surface area contributed by atoms with Gasteiger partial charge in [-0.1, -0.05) is 30.3 Å². The number of carbonyl (C=O) groups excluding carboxylic acids is 1. The highest BCUT2D eigenvalue weighted by Gasteiger charge is 2.45. The largest absolute Gasteiger partial charge is 0.496 e. The SMILES string of the molecule is COc1cc(O[C@@H]2O[C@H](CO)[C@@H](O)[C@H](O)[C@H]2O)c2c(c1)O[C@H](c1ccccc1)CC2=O. The number of ketones is 1. The van der Waals surface area contributed by atoms with Crippen LogP contribution in [0.4, 0.5) is 0 Å². The van der Waals surface area contributed by atoms with Crippen LogP contribution in [-0.2, 0) is 4.74 Å². The molecule has 4 rings (SSSR count). The summed E-state index contributed by atoms with van der Waals surface area (Å²) in [6, 6.07) is 12.4. The highest BCUT2D eigenvalue weighted by atomic mass is 16.7. The van der Waals surface area contributed by atoms with E-state index in [-0.39, 0.29) is 29.3 Å². The summed E-state index contributed by atoms with van der Waals surface area (Å²) in [4.78, 5) is 13.0. The molecular formula is C22H24O9. The molecule has 2 heterocycles. The van der Waals surface area contributed by atoms with Crippen molar-refractivity contribution in [3.05, 3.63) is 53.6 Å². The summed E-state index contributed by atoms with van der Waals surface area (Å²) < 4.78 is 22.5. The zero-order valence-corrected chi connectivity index (χ0v) is 16.7. The number of Topliss-reactive ketones (excluding diaryl/α,β-unsaturated/α-hetero) is 1. The van der Waals surface area contributed by atoms with Gasteiger partial charge < -0.3 is 39.4 Å². The molecule has 1 saturated heterocycles. The van der Waals surface area contributed by atoms with E-state index in [9.17, 15) is 25.2 Å². The number of rotatable bonds is 5. The maximum atomic E-state index is 13.0.